The fourth-order valence-electron chi connectivity index (χ4n) is 1.87. The first kappa shape index (κ1) is 40.1. The van der Waals surface area contributed by atoms with E-state index in [4.69, 9.17) is 16.2 Å². The number of nitrogens with zero attached hydrogens (tertiary/aromatic N) is 2. The van der Waals surface area contributed by atoms with Crippen LogP contribution in [0.5, 0.6) is 0 Å². The first-order chi connectivity index (χ1) is 14.1. The van der Waals surface area contributed by atoms with Crippen molar-refractivity contribution in [2.24, 2.45) is 5.92 Å². The van der Waals surface area contributed by atoms with E-state index in [0.717, 1.165) is 26.3 Å². The number of ether oxygens (including phenoxy) is 2. The van der Waals surface area contributed by atoms with E-state index in [1.165, 1.54) is 6.08 Å². The van der Waals surface area contributed by atoms with E-state index in [-0.39, 0.29) is 75.3 Å². The second-order valence-corrected chi connectivity index (χ2v) is 5.56. The van der Waals surface area contributed by atoms with Gasteiger partial charge in [-0.1, -0.05) is 32.8 Å². The third-order valence-electron chi connectivity index (χ3n) is 2.86. The molecule has 0 aliphatic heterocycles. The minimum atomic E-state index is -0.500. The van der Waals surface area contributed by atoms with Gasteiger partial charge in [0.15, 0.2) is 7.05 Å². The number of unbranched alkanes of at least 4 members (excludes halogenated alkanes) is 1. The SMILES string of the molecule is CCC/C=C/C(=O)OCC.CCCC(CC(=O)OCC)C[N+](=O)[O-].C[N+](=O)[O-].[2H][B].[B].[U]. The Labute approximate surface area is 214 Å². The van der Waals surface area contributed by atoms with Crippen molar-refractivity contribution < 1.29 is 60.0 Å². The Kier molecular flexibility index (Phi) is 43.0. The summed E-state index contributed by atoms with van der Waals surface area (Å²) in [5.74, 6) is -0.766. The van der Waals surface area contributed by atoms with Gasteiger partial charge in [-0.25, -0.2) is 4.79 Å². The summed E-state index contributed by atoms with van der Waals surface area (Å²) >= 11 is 0. The molecule has 0 aromatic rings. The van der Waals surface area contributed by atoms with Crippen molar-refractivity contribution in [2.45, 2.75) is 59.8 Å². The van der Waals surface area contributed by atoms with E-state index in [9.17, 15) is 19.7 Å². The molecule has 0 aromatic carbocycles. The summed E-state index contributed by atoms with van der Waals surface area (Å²) in [5.41, 5.74) is 0. The third-order valence-corrected chi connectivity index (χ3v) is 2.86. The standard InChI is InChI=1S/C9H17NO4.C8H14O2.CH3NO2.BH.B.U/c1-3-5-8(7-10(12)13)6-9(11)14-4-2;1-3-5-6-7-8(9)10-4-2;1-2(3)4;;;/h8H,3-7H2,1-2H3;6-7H,3-5H2,1-2H3;1H3;1H;;/b;7-6+;;;;/i;;;1D;;. The summed E-state index contributed by atoms with van der Waals surface area (Å²) in [6.07, 6.45) is 7.01. The van der Waals surface area contributed by atoms with Crippen molar-refractivity contribution in [1.29, 1.82) is 1.34 Å². The van der Waals surface area contributed by atoms with Crippen LogP contribution in [0, 0.1) is 57.3 Å². The molecule has 0 N–H and O–H groups in total. The predicted octanol–water partition coefficient (Wildman–Crippen LogP) is 2.40. The number of nitro groups is 2. The van der Waals surface area contributed by atoms with Gasteiger partial charge < -0.3 is 9.47 Å². The van der Waals surface area contributed by atoms with Crippen LogP contribution in [-0.4, -0.2) is 66.7 Å². The Balaban J connectivity index is -0.0000000827. The van der Waals surface area contributed by atoms with Crippen LogP contribution in [0.25, 0.3) is 0 Å². The second-order valence-electron chi connectivity index (χ2n) is 5.56. The minimum Gasteiger partial charge on any atom is -0.466 e. The molecule has 0 spiro atoms. The van der Waals surface area contributed by atoms with Crippen molar-refractivity contribution in [2.75, 3.05) is 26.8 Å². The zero-order valence-corrected chi connectivity index (χ0v) is 23.4. The predicted molar refractivity (Wildman–Crippen MR) is 118 cm³/mol. The van der Waals surface area contributed by atoms with E-state index in [2.05, 4.69) is 20.0 Å². The summed E-state index contributed by atoms with van der Waals surface area (Å²) in [7, 11) is 4.64. The van der Waals surface area contributed by atoms with Crippen LogP contribution in [0.3, 0.4) is 0 Å². The van der Waals surface area contributed by atoms with Gasteiger partial charge in [-0.15, -0.1) is 0 Å². The van der Waals surface area contributed by atoms with E-state index < -0.39 is 4.92 Å². The van der Waals surface area contributed by atoms with Crippen molar-refractivity contribution in [3.05, 3.63) is 32.4 Å². The average Bonchev–Trinajstić information content (AvgIpc) is 2.64. The number of esters is 2. The maximum atomic E-state index is 11.1. The molecule has 1 atom stereocenters. The van der Waals surface area contributed by atoms with Crippen LogP contribution in [0.1, 0.15) is 59.8 Å². The summed E-state index contributed by atoms with van der Waals surface area (Å²) in [6, 6.07) is 0. The maximum absolute atomic E-state index is 11.1. The fraction of sp³-hybridized carbons (Fsp3) is 0.778. The number of hydrogen-bond donors (Lipinski definition) is 0. The van der Waals surface area contributed by atoms with Gasteiger partial charge in [0.1, 0.15) is 0 Å². The molecule has 0 amide bonds. The molecular weight excluding hydrogens is 632 g/mol. The number of rotatable bonds is 11. The molecule has 0 heterocycles. The molecule has 1 unspecified atom stereocenters. The molecule has 0 rings (SSSR count). The van der Waals surface area contributed by atoms with Gasteiger partial charge in [0.05, 0.1) is 19.6 Å². The van der Waals surface area contributed by atoms with Crippen LogP contribution in [-0.2, 0) is 19.1 Å². The van der Waals surface area contributed by atoms with Gasteiger partial charge in [0, 0.05) is 69.7 Å². The average molecular weight is 668 g/mol. The first-order valence-corrected chi connectivity index (χ1v) is 9.32. The molecule has 0 aliphatic rings. The topological polar surface area (TPSA) is 139 Å². The Hall–Kier alpha value is -1.34. The molecular formula is C18H35B2N2O8U. The monoisotopic (exact) mass is 668 g/mol. The Bertz CT molecular complexity index is 486. The Morgan fingerprint density at radius 2 is 1.55 bits per heavy atom. The van der Waals surface area contributed by atoms with Crippen LogP contribution in [0.15, 0.2) is 12.2 Å². The molecule has 0 fully saturated rings. The van der Waals surface area contributed by atoms with Crippen molar-refractivity contribution in [3.8, 4) is 0 Å². The van der Waals surface area contributed by atoms with Crippen LogP contribution in [0.4, 0.5) is 0 Å². The van der Waals surface area contributed by atoms with E-state index >= 15 is 0 Å². The molecule has 13 heteroatoms. The van der Waals surface area contributed by atoms with Gasteiger partial charge >= 0.3 is 11.9 Å². The van der Waals surface area contributed by atoms with E-state index in [0.29, 0.717) is 19.6 Å². The fourth-order valence-corrected chi connectivity index (χ4v) is 1.87. The summed E-state index contributed by atoms with van der Waals surface area (Å²) < 4.78 is 14.7. The van der Waals surface area contributed by atoms with E-state index in [1.807, 2.05) is 13.0 Å². The maximum Gasteiger partial charge on any atom is 0.330 e. The molecule has 0 saturated heterocycles. The molecule has 0 saturated carbocycles. The Morgan fingerprint density at radius 3 is 1.90 bits per heavy atom. The first-order valence-electron chi connectivity index (χ1n) is 9.90. The quantitative estimate of drug-likeness (QED) is 0.108. The van der Waals surface area contributed by atoms with Crippen LogP contribution >= 0.6 is 0 Å². The minimum absolute atomic E-state index is 0. The van der Waals surface area contributed by atoms with Crippen molar-refractivity contribution >= 4 is 28.7 Å². The smallest absolute Gasteiger partial charge is 0.330 e. The van der Waals surface area contributed by atoms with Gasteiger partial charge in [-0.2, -0.15) is 0 Å². The van der Waals surface area contributed by atoms with Gasteiger partial charge in [-0.3, -0.25) is 25.0 Å². The third kappa shape index (κ3) is 47.7. The normalized spacial score (nSPS) is 9.77. The summed E-state index contributed by atoms with van der Waals surface area (Å²) in [5, 5.41) is 19.1. The van der Waals surface area contributed by atoms with Crippen molar-refractivity contribution in [1.82, 2.24) is 0 Å². The van der Waals surface area contributed by atoms with Crippen LogP contribution in [0.2, 0.25) is 0 Å². The van der Waals surface area contributed by atoms with Gasteiger partial charge in [0.25, 0.3) is 0 Å². The number of carbonyl (C=O) groups is 2. The molecule has 10 nitrogen and oxygen atoms in total. The number of hydrogen-bond acceptors (Lipinski definition) is 8. The van der Waals surface area contributed by atoms with Gasteiger partial charge in [0.2, 0.25) is 6.54 Å². The number of allylic oxidation sites excluding steroid dienone is 1. The molecule has 0 aromatic heterocycles. The second kappa shape index (κ2) is 33.3. The summed E-state index contributed by atoms with van der Waals surface area (Å²) in [4.78, 5) is 39.9. The summed E-state index contributed by atoms with van der Waals surface area (Å²) in [6.45, 7) is 8.16. The molecule has 175 valence electrons. The molecule has 5 radical (unpaired) electrons. The van der Waals surface area contributed by atoms with Crippen LogP contribution < -0.4 is 0 Å². The largest absolute Gasteiger partial charge is 0.466 e. The zero-order chi connectivity index (χ0) is 24.4. The zero-order valence-electron chi connectivity index (χ0n) is 20.2. The number of carbonyl (C=O) groups excluding carboxylic acids is 2. The molecule has 31 heavy (non-hydrogen) atoms. The van der Waals surface area contributed by atoms with E-state index in [1.54, 1.807) is 13.8 Å². The Morgan fingerprint density at radius 1 is 1.06 bits per heavy atom. The van der Waals surface area contributed by atoms with Gasteiger partial charge in [-0.05, 0) is 28.0 Å². The molecule has 0 aliphatic carbocycles. The van der Waals surface area contributed by atoms with Crippen molar-refractivity contribution in [3.63, 3.8) is 0 Å². The molecule has 0 bridgehead atoms.